The van der Waals surface area contributed by atoms with E-state index in [1.54, 1.807) is 34.5 Å². The average Bonchev–Trinajstić information content (AvgIpc) is 2.73. The smallest absolute Gasteiger partial charge is 0.262 e. The van der Waals surface area contributed by atoms with Crippen LogP contribution in [0.15, 0.2) is 88.8 Å². The van der Waals surface area contributed by atoms with Gasteiger partial charge in [-0.3, -0.25) is 9.36 Å². The molecule has 0 amide bonds. The molecule has 0 atom stereocenters. The highest BCUT2D eigenvalue weighted by Gasteiger charge is 2.12. The predicted molar refractivity (Wildman–Crippen MR) is 112 cm³/mol. The molecule has 0 aliphatic rings. The van der Waals surface area contributed by atoms with E-state index in [1.165, 1.54) is 17.7 Å². The molecule has 1 heterocycles. The summed E-state index contributed by atoms with van der Waals surface area (Å²) in [5.41, 5.74) is 2.75. The maximum Gasteiger partial charge on any atom is 0.262 e. The summed E-state index contributed by atoms with van der Waals surface area (Å²) in [5, 5.41) is 1.28. The van der Waals surface area contributed by atoms with Gasteiger partial charge in [-0.25, -0.2) is 9.37 Å². The minimum atomic E-state index is -0.287. The van der Waals surface area contributed by atoms with Crippen LogP contribution in [0.1, 0.15) is 11.1 Å². The highest BCUT2D eigenvalue weighted by molar-refractivity contribution is 7.99. The lowest BCUT2D eigenvalue weighted by Gasteiger charge is -2.13. The molecule has 1 aromatic heterocycles. The largest absolute Gasteiger partial charge is 0.283 e. The van der Waals surface area contributed by atoms with Gasteiger partial charge in [-0.05, 0) is 41.8 Å². The average molecular weight is 390 g/mol. The summed E-state index contributed by atoms with van der Waals surface area (Å²) >= 11 is 1.57. The third-order valence-electron chi connectivity index (χ3n) is 4.55. The molecule has 0 saturated heterocycles. The molecule has 3 nitrogen and oxygen atoms in total. The molecule has 0 spiro atoms. The number of hydrogen-bond acceptors (Lipinski definition) is 3. The summed E-state index contributed by atoms with van der Waals surface area (Å²) in [5.74, 6) is 0.531. The Morgan fingerprint density at radius 1 is 0.857 bits per heavy atom. The molecule has 4 aromatic rings. The van der Waals surface area contributed by atoms with Gasteiger partial charge in [-0.15, -0.1) is 0 Å². The lowest BCUT2D eigenvalue weighted by atomic mass is 10.2. The zero-order valence-corrected chi connectivity index (χ0v) is 16.0. The van der Waals surface area contributed by atoms with E-state index in [-0.39, 0.29) is 11.4 Å². The van der Waals surface area contributed by atoms with E-state index in [0.717, 1.165) is 17.7 Å². The number of hydrogen-bond donors (Lipinski definition) is 0. The van der Waals surface area contributed by atoms with E-state index in [4.69, 9.17) is 4.98 Å². The lowest BCUT2D eigenvalue weighted by molar-refractivity contribution is 0.622. The van der Waals surface area contributed by atoms with Crippen LogP contribution in [-0.2, 0) is 13.0 Å². The molecule has 0 radical (unpaired) electrons. The highest BCUT2D eigenvalue weighted by Crippen LogP contribution is 2.20. The van der Waals surface area contributed by atoms with Gasteiger partial charge >= 0.3 is 0 Å². The van der Waals surface area contributed by atoms with Gasteiger partial charge in [0.25, 0.3) is 5.56 Å². The molecular formula is C23H19FN2OS. The summed E-state index contributed by atoms with van der Waals surface area (Å²) in [6, 6.07) is 23.9. The van der Waals surface area contributed by atoms with E-state index in [0.29, 0.717) is 22.6 Å². The second kappa shape index (κ2) is 8.40. The van der Waals surface area contributed by atoms with E-state index < -0.39 is 0 Å². The van der Waals surface area contributed by atoms with Crippen molar-refractivity contribution in [3.8, 4) is 0 Å². The van der Waals surface area contributed by atoms with Crippen LogP contribution in [0.3, 0.4) is 0 Å². The van der Waals surface area contributed by atoms with Crippen LogP contribution in [0.5, 0.6) is 0 Å². The molecule has 140 valence electrons. The predicted octanol–water partition coefficient (Wildman–Crippen LogP) is 4.92. The number of halogens is 1. The van der Waals surface area contributed by atoms with Gasteiger partial charge in [0, 0.05) is 5.75 Å². The number of fused-ring (bicyclic) bond motifs is 1. The third-order valence-corrected chi connectivity index (χ3v) is 5.52. The number of nitrogens with zero attached hydrogens (tertiary/aromatic N) is 2. The Kier molecular flexibility index (Phi) is 5.53. The first kappa shape index (κ1) is 18.4. The Bertz CT molecular complexity index is 1140. The van der Waals surface area contributed by atoms with E-state index in [2.05, 4.69) is 12.1 Å². The first-order valence-electron chi connectivity index (χ1n) is 9.11. The lowest BCUT2D eigenvalue weighted by Crippen LogP contribution is -2.24. The van der Waals surface area contributed by atoms with Crippen molar-refractivity contribution in [2.75, 3.05) is 5.75 Å². The third kappa shape index (κ3) is 4.15. The molecule has 0 fully saturated rings. The van der Waals surface area contributed by atoms with Gasteiger partial charge in [-0.1, -0.05) is 66.4 Å². The molecule has 0 unspecified atom stereocenters. The maximum absolute atomic E-state index is 13.2. The molecule has 0 aliphatic heterocycles. The van der Waals surface area contributed by atoms with Crippen molar-refractivity contribution in [2.45, 2.75) is 18.1 Å². The molecule has 0 N–H and O–H groups in total. The first-order chi connectivity index (χ1) is 13.7. The summed E-state index contributed by atoms with van der Waals surface area (Å²) in [6.07, 6.45) is 0.894. The Labute approximate surface area is 166 Å². The van der Waals surface area contributed by atoms with Gasteiger partial charge in [0.15, 0.2) is 5.16 Å². The van der Waals surface area contributed by atoms with E-state index in [9.17, 15) is 9.18 Å². The monoisotopic (exact) mass is 390 g/mol. The van der Waals surface area contributed by atoms with Crippen molar-refractivity contribution in [3.63, 3.8) is 0 Å². The molecule has 28 heavy (non-hydrogen) atoms. The zero-order valence-electron chi connectivity index (χ0n) is 15.2. The Morgan fingerprint density at radius 3 is 2.36 bits per heavy atom. The van der Waals surface area contributed by atoms with Gasteiger partial charge < -0.3 is 0 Å². The number of para-hydroxylation sites is 1. The van der Waals surface area contributed by atoms with Crippen molar-refractivity contribution in [3.05, 3.63) is 106 Å². The SMILES string of the molecule is O=c1c2ccccc2nc(SCCc2ccccc2)n1Cc1ccc(F)cc1. The fourth-order valence-corrected chi connectivity index (χ4v) is 4.06. The van der Waals surface area contributed by atoms with Crippen LogP contribution in [0.4, 0.5) is 4.39 Å². The molecule has 3 aromatic carbocycles. The van der Waals surface area contributed by atoms with E-state index in [1.807, 2.05) is 36.4 Å². The normalized spacial score (nSPS) is 11.0. The number of aryl methyl sites for hydroxylation is 1. The van der Waals surface area contributed by atoms with Crippen LogP contribution in [0, 0.1) is 5.82 Å². The summed E-state index contributed by atoms with van der Waals surface area (Å²) in [7, 11) is 0. The summed E-state index contributed by atoms with van der Waals surface area (Å²) in [6.45, 7) is 0.366. The molecular weight excluding hydrogens is 371 g/mol. The van der Waals surface area contributed by atoms with Crippen molar-refractivity contribution >= 4 is 22.7 Å². The highest BCUT2D eigenvalue weighted by atomic mass is 32.2. The van der Waals surface area contributed by atoms with Crippen molar-refractivity contribution in [2.24, 2.45) is 0 Å². The second-order valence-electron chi connectivity index (χ2n) is 6.51. The van der Waals surface area contributed by atoms with E-state index >= 15 is 0 Å². The fourth-order valence-electron chi connectivity index (χ4n) is 3.07. The number of benzene rings is 3. The van der Waals surface area contributed by atoms with Crippen LogP contribution >= 0.6 is 11.8 Å². The molecule has 4 rings (SSSR count). The van der Waals surface area contributed by atoms with Gasteiger partial charge in [0.2, 0.25) is 0 Å². The van der Waals surface area contributed by atoms with Gasteiger partial charge in [0.1, 0.15) is 5.82 Å². The van der Waals surface area contributed by atoms with Crippen LogP contribution in [-0.4, -0.2) is 15.3 Å². The molecule has 0 bridgehead atoms. The number of thioether (sulfide) groups is 1. The molecule has 0 aliphatic carbocycles. The quantitative estimate of drug-likeness (QED) is 0.346. The van der Waals surface area contributed by atoms with Crippen molar-refractivity contribution < 1.29 is 4.39 Å². The van der Waals surface area contributed by atoms with Crippen LogP contribution in [0.25, 0.3) is 10.9 Å². The Morgan fingerprint density at radius 2 is 1.57 bits per heavy atom. The van der Waals surface area contributed by atoms with Crippen molar-refractivity contribution in [1.82, 2.24) is 9.55 Å². The Balaban J connectivity index is 1.66. The number of rotatable bonds is 6. The first-order valence-corrected chi connectivity index (χ1v) is 10.1. The molecule has 0 saturated carbocycles. The topological polar surface area (TPSA) is 34.9 Å². The standard InChI is InChI=1S/C23H19FN2OS/c24-19-12-10-18(11-13-19)16-26-22(27)20-8-4-5-9-21(20)25-23(26)28-15-14-17-6-2-1-3-7-17/h1-13H,14-16H2. The van der Waals surface area contributed by atoms with Gasteiger partial charge in [-0.2, -0.15) is 0 Å². The summed E-state index contributed by atoms with van der Waals surface area (Å²) in [4.78, 5) is 17.8. The second-order valence-corrected chi connectivity index (χ2v) is 7.58. The van der Waals surface area contributed by atoms with Crippen LogP contribution in [0.2, 0.25) is 0 Å². The number of aromatic nitrogens is 2. The maximum atomic E-state index is 13.2. The zero-order chi connectivity index (χ0) is 19.3. The minimum absolute atomic E-state index is 0.0721. The Hall–Kier alpha value is -2.92. The van der Waals surface area contributed by atoms with Crippen LogP contribution < -0.4 is 5.56 Å². The van der Waals surface area contributed by atoms with Gasteiger partial charge in [0.05, 0.1) is 17.4 Å². The fraction of sp³-hybridized carbons (Fsp3) is 0.130. The van der Waals surface area contributed by atoms with Crippen molar-refractivity contribution in [1.29, 1.82) is 0 Å². The minimum Gasteiger partial charge on any atom is -0.283 e. The summed E-state index contributed by atoms with van der Waals surface area (Å²) < 4.78 is 14.9. The molecule has 5 heteroatoms.